The Labute approximate surface area is 53.5 Å². The van der Waals surface area contributed by atoms with Crippen molar-refractivity contribution in [3.8, 4) is 0 Å². The van der Waals surface area contributed by atoms with Crippen molar-refractivity contribution in [2.24, 2.45) is 0 Å². The second-order valence-electron chi connectivity index (χ2n) is 1.65. The number of Topliss-reactive ketones (excluding diaryl/α,β-unsaturated/α-hetero) is 1. The number of rotatable bonds is 4. The first-order chi connectivity index (χ1) is 4.26. The van der Waals surface area contributed by atoms with E-state index < -0.39 is 12.6 Å². The van der Waals surface area contributed by atoms with Gasteiger partial charge in [0.05, 0.1) is 12.6 Å². The molecule has 4 heteroatoms. The minimum absolute atomic E-state index is 0.268. The van der Waals surface area contributed by atoms with E-state index >= 15 is 0 Å². The summed E-state index contributed by atoms with van der Waals surface area (Å²) in [7, 11) is 1.55. The molecule has 0 bridgehead atoms. The van der Waals surface area contributed by atoms with Crippen LogP contribution in [0.3, 0.4) is 0 Å². The van der Waals surface area contributed by atoms with Crippen molar-refractivity contribution in [3.05, 3.63) is 0 Å². The number of hydrogen-bond donors (Lipinski definition) is 3. The molecule has 9 heavy (non-hydrogen) atoms. The molecule has 54 valence electrons. The average Bonchev–Trinajstić information content (AvgIpc) is 1.90. The second kappa shape index (κ2) is 4.43. The summed E-state index contributed by atoms with van der Waals surface area (Å²) >= 11 is 0. The van der Waals surface area contributed by atoms with Gasteiger partial charge in [0.2, 0.25) is 0 Å². The molecule has 0 aromatic heterocycles. The Hall–Kier alpha value is -0.450. The Morgan fingerprint density at radius 3 is 2.33 bits per heavy atom. The number of likely N-dealkylation sites (N-methyl/N-ethyl adjacent to an activating group) is 1. The molecule has 0 rings (SSSR count). The molecule has 0 aromatic rings. The molecule has 0 amide bonds. The number of hydrogen-bond acceptors (Lipinski definition) is 4. The molecule has 1 atom stereocenters. The first-order valence-corrected chi connectivity index (χ1v) is 2.68. The third-order valence-corrected chi connectivity index (χ3v) is 1.08. The van der Waals surface area contributed by atoms with Gasteiger partial charge in [0.25, 0.3) is 0 Å². The van der Waals surface area contributed by atoms with Crippen LogP contribution in [0.15, 0.2) is 0 Å². The summed E-state index contributed by atoms with van der Waals surface area (Å²) < 4.78 is 0. The Balaban J connectivity index is 3.64. The molecule has 0 aliphatic heterocycles. The Morgan fingerprint density at radius 1 is 1.67 bits per heavy atom. The lowest BCUT2D eigenvalue weighted by Gasteiger charge is -2.08. The Bertz CT molecular complexity index is 90.2. The Morgan fingerprint density at radius 2 is 2.22 bits per heavy atom. The van der Waals surface area contributed by atoms with Gasteiger partial charge in [-0.2, -0.15) is 0 Å². The van der Waals surface area contributed by atoms with Crippen molar-refractivity contribution >= 4 is 5.78 Å². The lowest BCUT2D eigenvalue weighted by molar-refractivity contribution is -0.124. The number of nitrogens with one attached hydrogen (secondary N) is 1. The number of carbonyl (C=O) groups excluding carboxylic acids is 1. The molecule has 0 saturated heterocycles. The first-order valence-electron chi connectivity index (χ1n) is 2.68. The molecular formula is C5H11NO3. The molecule has 0 saturated carbocycles. The van der Waals surface area contributed by atoms with Gasteiger partial charge < -0.3 is 15.5 Å². The normalized spacial score (nSPS) is 13.2. The van der Waals surface area contributed by atoms with Crippen LogP contribution in [0.1, 0.15) is 0 Å². The van der Waals surface area contributed by atoms with Crippen LogP contribution >= 0.6 is 0 Å². The molecule has 0 aliphatic carbocycles. The van der Waals surface area contributed by atoms with Crippen molar-refractivity contribution in [1.29, 1.82) is 0 Å². The summed E-state index contributed by atoms with van der Waals surface area (Å²) in [6.45, 7) is -0.790. The van der Waals surface area contributed by atoms with E-state index in [1.54, 1.807) is 7.05 Å². The first kappa shape index (κ1) is 8.55. The zero-order chi connectivity index (χ0) is 7.28. The van der Waals surface area contributed by atoms with Crippen LogP contribution < -0.4 is 5.32 Å². The summed E-state index contributed by atoms with van der Waals surface area (Å²) in [6.07, 6.45) is 0. The van der Waals surface area contributed by atoms with Crippen LogP contribution in [0.5, 0.6) is 0 Å². The van der Waals surface area contributed by atoms with Gasteiger partial charge in [0, 0.05) is 0 Å². The third-order valence-electron chi connectivity index (χ3n) is 1.08. The van der Waals surface area contributed by atoms with E-state index in [1.165, 1.54) is 0 Å². The molecule has 0 aliphatic rings. The van der Waals surface area contributed by atoms with E-state index in [9.17, 15) is 4.79 Å². The summed E-state index contributed by atoms with van der Waals surface area (Å²) in [5.74, 6) is -0.389. The maximum absolute atomic E-state index is 10.5. The van der Waals surface area contributed by atoms with E-state index in [-0.39, 0.29) is 12.4 Å². The van der Waals surface area contributed by atoms with Crippen LogP contribution in [0.4, 0.5) is 0 Å². The van der Waals surface area contributed by atoms with Crippen LogP contribution in [0, 0.1) is 0 Å². The van der Waals surface area contributed by atoms with Gasteiger partial charge in [0.15, 0.2) is 5.78 Å². The van der Waals surface area contributed by atoms with Crippen molar-refractivity contribution < 1.29 is 15.0 Å². The zero-order valence-electron chi connectivity index (χ0n) is 5.29. The van der Waals surface area contributed by atoms with Crippen LogP contribution in [0.25, 0.3) is 0 Å². The van der Waals surface area contributed by atoms with Crippen LogP contribution in [-0.4, -0.2) is 42.3 Å². The molecule has 0 heterocycles. The third kappa shape index (κ3) is 2.55. The smallest absolute Gasteiger partial charge is 0.177 e. The minimum atomic E-state index is -0.616. The maximum atomic E-state index is 10.5. The monoisotopic (exact) mass is 133 g/mol. The highest BCUT2D eigenvalue weighted by Gasteiger charge is 2.12. The van der Waals surface area contributed by atoms with Crippen LogP contribution in [-0.2, 0) is 4.79 Å². The highest BCUT2D eigenvalue weighted by atomic mass is 16.3. The average molecular weight is 133 g/mol. The van der Waals surface area contributed by atoms with Gasteiger partial charge in [-0.1, -0.05) is 0 Å². The molecule has 0 fully saturated rings. The standard InChI is InChI=1S/C5H11NO3/c1-6-4(2-7)5(9)3-8/h4,6-8H,2-3H2,1H3/t4-/m0/s1. The minimum Gasteiger partial charge on any atom is -0.394 e. The van der Waals surface area contributed by atoms with E-state index in [0.29, 0.717) is 0 Å². The molecule has 0 spiro atoms. The fraction of sp³-hybridized carbons (Fsp3) is 0.800. The number of ketones is 1. The SMILES string of the molecule is CN[C@@H](CO)C(=O)CO. The van der Waals surface area contributed by atoms with Gasteiger partial charge in [-0.3, -0.25) is 4.79 Å². The summed E-state index contributed by atoms with van der Waals surface area (Å²) in [5, 5.41) is 19.2. The van der Waals surface area contributed by atoms with E-state index in [1.807, 2.05) is 0 Å². The summed E-state index contributed by atoms with van der Waals surface area (Å²) in [4.78, 5) is 10.5. The number of aliphatic hydroxyl groups is 2. The summed E-state index contributed by atoms with van der Waals surface area (Å²) in [5.41, 5.74) is 0. The van der Waals surface area contributed by atoms with E-state index in [4.69, 9.17) is 10.2 Å². The van der Waals surface area contributed by atoms with Gasteiger partial charge in [-0.15, -0.1) is 0 Å². The number of aliphatic hydroxyl groups excluding tert-OH is 2. The van der Waals surface area contributed by atoms with Crippen LogP contribution in [0.2, 0.25) is 0 Å². The predicted octanol–water partition coefficient (Wildman–Crippen LogP) is -1.87. The van der Waals surface area contributed by atoms with Gasteiger partial charge >= 0.3 is 0 Å². The fourth-order valence-corrected chi connectivity index (χ4v) is 0.464. The number of carbonyl (C=O) groups is 1. The molecule has 0 unspecified atom stereocenters. The van der Waals surface area contributed by atoms with E-state index in [2.05, 4.69) is 5.32 Å². The lowest BCUT2D eigenvalue weighted by atomic mass is 10.2. The van der Waals surface area contributed by atoms with Crippen molar-refractivity contribution in [1.82, 2.24) is 5.32 Å². The highest BCUT2D eigenvalue weighted by molar-refractivity contribution is 5.84. The van der Waals surface area contributed by atoms with Crippen molar-refractivity contribution in [2.75, 3.05) is 20.3 Å². The topological polar surface area (TPSA) is 69.6 Å². The van der Waals surface area contributed by atoms with Crippen molar-refractivity contribution in [3.63, 3.8) is 0 Å². The lowest BCUT2D eigenvalue weighted by Crippen LogP contribution is -2.38. The zero-order valence-corrected chi connectivity index (χ0v) is 5.29. The molecule has 3 N–H and O–H groups in total. The van der Waals surface area contributed by atoms with Gasteiger partial charge in [-0.05, 0) is 7.05 Å². The van der Waals surface area contributed by atoms with Crippen molar-refractivity contribution in [2.45, 2.75) is 6.04 Å². The quantitative estimate of drug-likeness (QED) is 0.420. The molecule has 0 aromatic carbocycles. The van der Waals surface area contributed by atoms with Gasteiger partial charge in [0.1, 0.15) is 6.61 Å². The molecule has 0 radical (unpaired) electrons. The fourth-order valence-electron chi connectivity index (χ4n) is 0.464. The Kier molecular flexibility index (Phi) is 4.21. The second-order valence-corrected chi connectivity index (χ2v) is 1.65. The predicted molar refractivity (Wildman–Crippen MR) is 32.0 cm³/mol. The largest absolute Gasteiger partial charge is 0.394 e. The summed E-state index contributed by atoms with van der Waals surface area (Å²) in [6, 6.07) is -0.616. The highest BCUT2D eigenvalue weighted by Crippen LogP contribution is 1.81. The van der Waals surface area contributed by atoms with E-state index in [0.717, 1.165) is 0 Å². The van der Waals surface area contributed by atoms with Gasteiger partial charge in [-0.25, -0.2) is 0 Å². The molecular weight excluding hydrogens is 122 g/mol. The maximum Gasteiger partial charge on any atom is 0.177 e. The molecule has 4 nitrogen and oxygen atoms in total.